The second kappa shape index (κ2) is 1.56. The highest BCUT2D eigenvalue weighted by atomic mass is 16.5. The fourth-order valence-electron chi connectivity index (χ4n) is 2.24. The largest absolute Gasteiger partial charge is 0.393 e. The third-order valence-electron chi connectivity index (χ3n) is 3.59. The summed E-state index contributed by atoms with van der Waals surface area (Å²) in [5, 5.41) is 9.07. The van der Waals surface area contributed by atoms with Crippen molar-refractivity contribution in [2.75, 3.05) is 13.2 Å². The maximum atomic E-state index is 9.07. The molecule has 3 rings (SSSR count). The number of ether oxygens (including phenoxy) is 1. The maximum Gasteiger partial charge on any atom is 0.0969 e. The highest BCUT2D eigenvalue weighted by molar-refractivity contribution is 5.14. The molecule has 0 radical (unpaired) electrons. The van der Waals surface area contributed by atoms with Gasteiger partial charge in [-0.2, -0.15) is 0 Å². The van der Waals surface area contributed by atoms with Crippen molar-refractivity contribution in [2.24, 2.45) is 11.3 Å². The normalized spacial score (nSPS) is 48.9. The lowest BCUT2D eigenvalue weighted by molar-refractivity contribution is -0.134. The smallest absolute Gasteiger partial charge is 0.0969 e. The van der Waals surface area contributed by atoms with Crippen LogP contribution in [-0.4, -0.2) is 23.9 Å². The maximum absolute atomic E-state index is 9.07. The van der Waals surface area contributed by atoms with Gasteiger partial charge in [0.15, 0.2) is 0 Å². The number of aliphatic hydroxyl groups is 1. The highest BCUT2D eigenvalue weighted by Crippen LogP contribution is 2.61. The Morgan fingerprint density at radius 2 is 2.30 bits per heavy atom. The quantitative estimate of drug-likeness (QED) is 0.586. The second-order valence-electron chi connectivity index (χ2n) is 4.09. The van der Waals surface area contributed by atoms with Crippen molar-refractivity contribution in [3.63, 3.8) is 0 Å². The van der Waals surface area contributed by atoms with Gasteiger partial charge in [-0.3, -0.25) is 0 Å². The van der Waals surface area contributed by atoms with E-state index >= 15 is 0 Å². The van der Waals surface area contributed by atoms with Crippen LogP contribution in [0.4, 0.5) is 0 Å². The first-order valence-corrected chi connectivity index (χ1v) is 3.87. The molecule has 1 N–H and O–H groups in total. The van der Waals surface area contributed by atoms with Gasteiger partial charge in [0, 0.05) is 5.41 Å². The summed E-state index contributed by atoms with van der Waals surface area (Å²) in [5.74, 6) is 0.694. The second-order valence-corrected chi connectivity index (χ2v) is 4.09. The molecule has 2 bridgehead atoms. The Morgan fingerprint density at radius 3 is 2.50 bits per heavy atom. The fourth-order valence-corrected chi connectivity index (χ4v) is 2.24. The van der Waals surface area contributed by atoms with E-state index in [1.807, 2.05) is 0 Å². The van der Waals surface area contributed by atoms with Crippen LogP contribution >= 0.6 is 0 Å². The number of hydrogen-bond acceptors (Lipinski definition) is 2. The van der Waals surface area contributed by atoms with Crippen molar-refractivity contribution in [3.05, 3.63) is 0 Å². The molecule has 0 amide bonds. The van der Waals surface area contributed by atoms with E-state index in [1.165, 1.54) is 0 Å². The molecule has 2 heteroatoms. The lowest BCUT2D eigenvalue weighted by Crippen LogP contribution is -2.57. The summed E-state index contributed by atoms with van der Waals surface area (Å²) < 4.78 is 5.53. The lowest BCUT2D eigenvalue weighted by atomic mass is 9.54. The Morgan fingerprint density at radius 1 is 1.60 bits per heavy atom. The summed E-state index contributed by atoms with van der Waals surface area (Å²) in [6.45, 7) is 5.42. The van der Waals surface area contributed by atoms with Gasteiger partial charge in [-0.1, -0.05) is 13.8 Å². The van der Waals surface area contributed by atoms with Crippen LogP contribution in [0.25, 0.3) is 0 Å². The third-order valence-corrected chi connectivity index (χ3v) is 3.59. The molecule has 2 unspecified atom stereocenters. The van der Waals surface area contributed by atoms with E-state index in [4.69, 9.17) is 9.84 Å². The highest BCUT2D eigenvalue weighted by Gasteiger charge is 2.65. The van der Waals surface area contributed by atoms with Crippen LogP contribution in [0.5, 0.6) is 0 Å². The summed E-state index contributed by atoms with van der Waals surface area (Å²) >= 11 is 0. The molecule has 58 valence electrons. The lowest BCUT2D eigenvalue weighted by Gasteiger charge is -2.51. The molecule has 1 saturated carbocycles. The van der Waals surface area contributed by atoms with Crippen molar-refractivity contribution in [1.29, 1.82) is 0 Å². The molecular formula is C8H14O2. The van der Waals surface area contributed by atoms with Crippen molar-refractivity contribution < 1.29 is 9.84 Å². The predicted octanol–water partition coefficient (Wildman–Crippen LogP) is 0.794. The number of aliphatic hydroxyl groups excluding tert-OH is 1. The topological polar surface area (TPSA) is 29.5 Å². The molecule has 2 heterocycles. The zero-order chi connectivity index (χ0) is 7.41. The number of rotatable bonds is 1. The van der Waals surface area contributed by atoms with Crippen molar-refractivity contribution in [2.45, 2.75) is 25.9 Å². The monoisotopic (exact) mass is 142 g/mol. The van der Waals surface area contributed by atoms with Gasteiger partial charge in [0.25, 0.3) is 0 Å². The Balaban J connectivity index is 2.27. The van der Waals surface area contributed by atoms with E-state index in [2.05, 4.69) is 13.8 Å². The summed E-state index contributed by atoms with van der Waals surface area (Å²) in [5.41, 5.74) is 0.0550. The number of hydrogen-bond donors (Lipinski definition) is 1. The first kappa shape index (κ1) is 6.62. The molecule has 2 aliphatic heterocycles. The van der Waals surface area contributed by atoms with Gasteiger partial charge in [-0.05, 0) is 12.3 Å². The van der Waals surface area contributed by atoms with Gasteiger partial charge < -0.3 is 9.84 Å². The van der Waals surface area contributed by atoms with Gasteiger partial charge in [-0.25, -0.2) is 0 Å². The molecular weight excluding hydrogens is 128 g/mol. The van der Waals surface area contributed by atoms with E-state index in [0.29, 0.717) is 5.92 Å². The Bertz CT molecular complexity index is 161. The van der Waals surface area contributed by atoms with Gasteiger partial charge >= 0.3 is 0 Å². The van der Waals surface area contributed by atoms with Crippen LogP contribution in [0.15, 0.2) is 0 Å². The van der Waals surface area contributed by atoms with Crippen LogP contribution in [0.3, 0.4) is 0 Å². The van der Waals surface area contributed by atoms with Crippen LogP contribution in [0.2, 0.25) is 0 Å². The first-order chi connectivity index (χ1) is 4.62. The van der Waals surface area contributed by atoms with Gasteiger partial charge in [0.05, 0.1) is 18.8 Å². The Kier molecular flexibility index (Phi) is 1.03. The summed E-state index contributed by atoms with van der Waals surface area (Å²) in [4.78, 5) is 0. The van der Waals surface area contributed by atoms with E-state index in [-0.39, 0.29) is 17.6 Å². The molecule has 2 nitrogen and oxygen atoms in total. The van der Waals surface area contributed by atoms with Gasteiger partial charge in [0.1, 0.15) is 0 Å². The molecule has 0 aromatic rings. The Hall–Kier alpha value is -0.0800. The molecule has 3 fully saturated rings. The number of fused-ring (bicyclic) bond motifs is 1. The Labute approximate surface area is 61.2 Å². The van der Waals surface area contributed by atoms with Gasteiger partial charge in [0.2, 0.25) is 0 Å². The van der Waals surface area contributed by atoms with Crippen molar-refractivity contribution in [3.8, 4) is 0 Å². The van der Waals surface area contributed by atoms with Crippen LogP contribution in [0, 0.1) is 11.3 Å². The predicted molar refractivity (Wildman–Crippen MR) is 37.7 cm³/mol. The third kappa shape index (κ3) is 0.453. The van der Waals surface area contributed by atoms with E-state index < -0.39 is 0 Å². The summed E-state index contributed by atoms with van der Waals surface area (Å²) in [6.07, 6.45) is 1.07. The summed E-state index contributed by atoms with van der Waals surface area (Å²) in [7, 11) is 0. The van der Waals surface area contributed by atoms with Crippen LogP contribution in [0.1, 0.15) is 20.3 Å². The molecule has 0 spiro atoms. The van der Waals surface area contributed by atoms with E-state index in [0.717, 1.165) is 13.0 Å². The minimum Gasteiger partial charge on any atom is -0.393 e. The molecule has 1 aliphatic carbocycles. The zero-order valence-corrected chi connectivity index (χ0v) is 6.55. The summed E-state index contributed by atoms with van der Waals surface area (Å²) in [6, 6.07) is 0. The van der Waals surface area contributed by atoms with E-state index in [9.17, 15) is 0 Å². The molecule has 2 saturated heterocycles. The molecule has 2 atom stereocenters. The molecule has 10 heavy (non-hydrogen) atoms. The van der Waals surface area contributed by atoms with Crippen molar-refractivity contribution >= 4 is 0 Å². The van der Waals surface area contributed by atoms with Crippen LogP contribution in [-0.2, 0) is 4.74 Å². The minimum absolute atomic E-state index is 0.169. The molecule has 3 aliphatic rings. The zero-order valence-electron chi connectivity index (χ0n) is 6.55. The van der Waals surface area contributed by atoms with E-state index in [1.54, 1.807) is 0 Å². The minimum atomic E-state index is -0.169. The molecule has 0 aromatic heterocycles. The first-order valence-electron chi connectivity index (χ1n) is 3.87. The SMILES string of the molecule is CC1(C)C2COC1(CO)C2. The average Bonchev–Trinajstić information content (AvgIpc) is 2.41. The average molecular weight is 142 g/mol. The fraction of sp³-hybridized carbons (Fsp3) is 1.00. The van der Waals surface area contributed by atoms with Crippen molar-refractivity contribution in [1.82, 2.24) is 0 Å². The molecule has 0 aromatic carbocycles. The van der Waals surface area contributed by atoms with Crippen LogP contribution < -0.4 is 0 Å². The standard InChI is InChI=1S/C8H14O2/c1-7(2)6-3-8(7,5-9)10-4-6/h6,9H,3-5H2,1-2H3. The van der Waals surface area contributed by atoms with Gasteiger partial charge in [-0.15, -0.1) is 0 Å².